The Hall–Kier alpha value is -2.44. The number of thiocarbonyl (C=S) groups is 1. The van der Waals surface area contributed by atoms with Gasteiger partial charge in [0.2, 0.25) is 0 Å². The van der Waals surface area contributed by atoms with Gasteiger partial charge in [-0.3, -0.25) is 0 Å². The summed E-state index contributed by atoms with van der Waals surface area (Å²) in [6.07, 6.45) is -0.642. The van der Waals surface area contributed by atoms with Crippen molar-refractivity contribution in [3.8, 4) is 0 Å². The SMILES string of the molecule is CCOC(=O)c1ccc(NC(=S)NC[C@@H](O)c2ccccc2)cc1. The fourth-order valence-electron chi connectivity index (χ4n) is 2.06. The van der Waals surface area contributed by atoms with Crippen LogP contribution in [0.15, 0.2) is 54.6 Å². The zero-order chi connectivity index (χ0) is 17.4. The molecule has 0 aliphatic rings. The van der Waals surface area contributed by atoms with E-state index in [-0.39, 0.29) is 5.97 Å². The third kappa shape index (κ3) is 5.33. The van der Waals surface area contributed by atoms with Crippen molar-refractivity contribution in [2.75, 3.05) is 18.5 Å². The number of ether oxygens (including phenoxy) is 1. The summed E-state index contributed by atoms with van der Waals surface area (Å²) in [5, 5.41) is 16.4. The largest absolute Gasteiger partial charge is 0.462 e. The van der Waals surface area contributed by atoms with E-state index in [1.807, 2.05) is 30.3 Å². The molecule has 0 saturated carbocycles. The van der Waals surface area contributed by atoms with Gasteiger partial charge in [0.1, 0.15) is 0 Å². The molecule has 0 unspecified atom stereocenters. The van der Waals surface area contributed by atoms with Crippen molar-refractivity contribution in [3.63, 3.8) is 0 Å². The van der Waals surface area contributed by atoms with Crippen molar-refractivity contribution in [2.45, 2.75) is 13.0 Å². The molecule has 3 N–H and O–H groups in total. The molecule has 2 aromatic rings. The molecule has 0 spiro atoms. The Kier molecular flexibility index (Phi) is 6.72. The molecule has 0 aromatic heterocycles. The van der Waals surface area contributed by atoms with Crippen molar-refractivity contribution in [1.82, 2.24) is 5.32 Å². The van der Waals surface area contributed by atoms with Gasteiger partial charge >= 0.3 is 5.97 Å². The van der Waals surface area contributed by atoms with E-state index in [1.165, 1.54) is 0 Å². The van der Waals surface area contributed by atoms with Crippen LogP contribution in [0.2, 0.25) is 0 Å². The van der Waals surface area contributed by atoms with Crippen LogP contribution in [0.5, 0.6) is 0 Å². The first-order valence-corrected chi connectivity index (χ1v) is 8.06. The van der Waals surface area contributed by atoms with Crippen molar-refractivity contribution in [1.29, 1.82) is 0 Å². The van der Waals surface area contributed by atoms with Crippen molar-refractivity contribution >= 4 is 29.0 Å². The Balaban J connectivity index is 1.83. The summed E-state index contributed by atoms with van der Waals surface area (Å²) < 4.78 is 4.93. The third-order valence-electron chi connectivity index (χ3n) is 3.29. The predicted octanol–water partition coefficient (Wildman–Crippen LogP) is 2.88. The first kappa shape index (κ1) is 17.9. The fourth-order valence-corrected chi connectivity index (χ4v) is 2.26. The second-order valence-electron chi connectivity index (χ2n) is 5.06. The molecule has 0 bridgehead atoms. The Labute approximate surface area is 146 Å². The summed E-state index contributed by atoms with van der Waals surface area (Å²) in [5.41, 5.74) is 2.06. The van der Waals surface area contributed by atoms with Gasteiger partial charge in [-0.2, -0.15) is 0 Å². The van der Waals surface area contributed by atoms with Crippen molar-refractivity contribution in [3.05, 3.63) is 65.7 Å². The lowest BCUT2D eigenvalue weighted by Gasteiger charge is -2.15. The van der Waals surface area contributed by atoms with Crippen LogP contribution in [0.25, 0.3) is 0 Å². The zero-order valence-electron chi connectivity index (χ0n) is 13.4. The summed E-state index contributed by atoms with van der Waals surface area (Å²) in [7, 11) is 0. The maximum atomic E-state index is 11.6. The molecule has 6 heteroatoms. The molecule has 0 aliphatic carbocycles. The summed E-state index contributed by atoms with van der Waals surface area (Å²) >= 11 is 5.21. The summed E-state index contributed by atoms with van der Waals surface area (Å²) in [4.78, 5) is 11.6. The molecule has 0 radical (unpaired) electrons. The van der Waals surface area contributed by atoms with E-state index in [0.717, 1.165) is 11.3 Å². The van der Waals surface area contributed by atoms with Gasteiger partial charge in [-0.15, -0.1) is 0 Å². The van der Waals surface area contributed by atoms with E-state index in [0.29, 0.717) is 23.8 Å². The number of benzene rings is 2. The van der Waals surface area contributed by atoms with Gasteiger partial charge in [0, 0.05) is 12.2 Å². The summed E-state index contributed by atoms with van der Waals surface area (Å²) in [6, 6.07) is 16.2. The molecule has 1 atom stereocenters. The Bertz CT molecular complexity index is 674. The van der Waals surface area contributed by atoms with E-state index in [9.17, 15) is 9.90 Å². The van der Waals surface area contributed by atoms with Crippen molar-refractivity contribution < 1.29 is 14.6 Å². The van der Waals surface area contributed by atoms with E-state index in [1.54, 1.807) is 31.2 Å². The van der Waals surface area contributed by atoms with Crippen LogP contribution in [0, 0.1) is 0 Å². The Morgan fingerprint density at radius 1 is 1.17 bits per heavy atom. The number of carbonyl (C=O) groups is 1. The monoisotopic (exact) mass is 344 g/mol. The van der Waals surface area contributed by atoms with Crippen LogP contribution in [0.4, 0.5) is 5.69 Å². The second-order valence-corrected chi connectivity index (χ2v) is 5.47. The number of anilines is 1. The topological polar surface area (TPSA) is 70.6 Å². The van der Waals surface area contributed by atoms with Crippen LogP contribution < -0.4 is 10.6 Å². The number of esters is 1. The molecule has 0 amide bonds. The van der Waals surface area contributed by atoms with E-state index < -0.39 is 6.10 Å². The van der Waals surface area contributed by atoms with Gasteiger partial charge in [-0.25, -0.2) is 4.79 Å². The third-order valence-corrected chi connectivity index (χ3v) is 3.54. The lowest BCUT2D eigenvalue weighted by atomic mass is 10.1. The maximum Gasteiger partial charge on any atom is 0.338 e. The molecule has 5 nitrogen and oxygen atoms in total. The van der Waals surface area contributed by atoms with E-state index in [4.69, 9.17) is 17.0 Å². The Morgan fingerprint density at radius 2 is 1.83 bits per heavy atom. The number of hydrogen-bond acceptors (Lipinski definition) is 4. The average Bonchev–Trinajstić information content (AvgIpc) is 2.61. The highest BCUT2D eigenvalue weighted by Gasteiger charge is 2.08. The van der Waals surface area contributed by atoms with Crippen LogP contribution in [0.3, 0.4) is 0 Å². The summed E-state index contributed by atoms with van der Waals surface area (Å²) in [6.45, 7) is 2.41. The first-order valence-electron chi connectivity index (χ1n) is 7.65. The number of aliphatic hydroxyl groups is 1. The molecule has 2 aromatic carbocycles. The highest BCUT2D eigenvalue weighted by Crippen LogP contribution is 2.12. The van der Waals surface area contributed by atoms with Crippen LogP contribution in [-0.2, 0) is 4.74 Å². The number of hydrogen-bond donors (Lipinski definition) is 3. The lowest BCUT2D eigenvalue weighted by Crippen LogP contribution is -2.32. The minimum Gasteiger partial charge on any atom is -0.462 e. The molecule has 2 rings (SSSR count). The molecule has 24 heavy (non-hydrogen) atoms. The standard InChI is InChI=1S/C18H20N2O3S/c1-2-23-17(22)14-8-10-15(11-9-14)20-18(24)19-12-16(21)13-6-4-3-5-7-13/h3-11,16,21H,2,12H2,1H3,(H2,19,20,24)/t16-/m1/s1. The average molecular weight is 344 g/mol. The number of rotatable bonds is 6. The first-order chi connectivity index (χ1) is 11.6. The van der Waals surface area contributed by atoms with Gasteiger partial charge in [-0.05, 0) is 49.0 Å². The van der Waals surface area contributed by atoms with Crippen molar-refractivity contribution in [2.24, 2.45) is 0 Å². The van der Waals surface area contributed by atoms with E-state index >= 15 is 0 Å². The van der Waals surface area contributed by atoms with Gasteiger partial charge in [0.25, 0.3) is 0 Å². The molecule has 126 valence electrons. The molecule has 0 saturated heterocycles. The maximum absolute atomic E-state index is 11.6. The number of aliphatic hydroxyl groups excluding tert-OH is 1. The van der Waals surface area contributed by atoms with Crippen LogP contribution >= 0.6 is 12.2 Å². The second kappa shape index (κ2) is 9.00. The van der Waals surface area contributed by atoms with E-state index in [2.05, 4.69) is 10.6 Å². The molecule has 0 aliphatic heterocycles. The minimum absolute atomic E-state index is 0.302. The highest BCUT2D eigenvalue weighted by atomic mass is 32.1. The Morgan fingerprint density at radius 3 is 2.46 bits per heavy atom. The lowest BCUT2D eigenvalue weighted by molar-refractivity contribution is 0.0526. The fraction of sp³-hybridized carbons (Fsp3) is 0.222. The smallest absolute Gasteiger partial charge is 0.338 e. The number of carbonyl (C=O) groups excluding carboxylic acids is 1. The van der Waals surface area contributed by atoms with Gasteiger partial charge in [0.05, 0.1) is 18.3 Å². The molecular weight excluding hydrogens is 324 g/mol. The van der Waals surface area contributed by atoms with Gasteiger partial charge in [-0.1, -0.05) is 30.3 Å². The van der Waals surface area contributed by atoms with Gasteiger partial charge in [0.15, 0.2) is 5.11 Å². The normalized spacial score (nSPS) is 11.4. The minimum atomic E-state index is -0.642. The van der Waals surface area contributed by atoms with Crippen LogP contribution in [0.1, 0.15) is 28.9 Å². The summed E-state index contributed by atoms with van der Waals surface area (Å²) in [5.74, 6) is -0.351. The van der Waals surface area contributed by atoms with Crippen LogP contribution in [-0.4, -0.2) is 29.3 Å². The molecule has 0 heterocycles. The predicted molar refractivity (Wildman–Crippen MR) is 98.0 cm³/mol. The molecular formula is C18H20N2O3S. The highest BCUT2D eigenvalue weighted by molar-refractivity contribution is 7.80. The quantitative estimate of drug-likeness (QED) is 0.553. The zero-order valence-corrected chi connectivity index (χ0v) is 14.2. The molecule has 0 fully saturated rings. The number of nitrogens with one attached hydrogen (secondary N) is 2. The van der Waals surface area contributed by atoms with Gasteiger partial charge < -0.3 is 20.5 Å².